The lowest BCUT2D eigenvalue weighted by molar-refractivity contribution is 0.0993. The molecule has 0 amide bonds. The minimum absolute atomic E-state index is 0.0951. The van der Waals surface area contributed by atoms with Crippen LogP contribution in [0.3, 0.4) is 0 Å². The topological polar surface area (TPSA) is 17.1 Å². The first kappa shape index (κ1) is 12.6. The van der Waals surface area contributed by atoms with E-state index in [9.17, 15) is 4.79 Å². The molecule has 1 nitrogen and oxygen atoms in total. The van der Waals surface area contributed by atoms with Crippen molar-refractivity contribution >= 4 is 40.3 Å². The Bertz CT molecular complexity index is 560. The predicted octanol–water partition coefficient (Wildman–Crippen LogP) is 4.79. The molecule has 0 N–H and O–H groups in total. The molecule has 1 aromatic carbocycles. The van der Waals surface area contributed by atoms with Crippen LogP contribution < -0.4 is 0 Å². The summed E-state index contributed by atoms with van der Waals surface area (Å²) in [6.07, 6.45) is 0.389. The fourth-order valence-corrected chi connectivity index (χ4v) is 2.95. The zero-order valence-corrected chi connectivity index (χ0v) is 11.5. The lowest BCUT2D eigenvalue weighted by atomic mass is 10.0. The predicted molar refractivity (Wildman–Crippen MR) is 73.6 cm³/mol. The molecular formula is C13H10Cl2OS. The number of benzene rings is 1. The Hall–Kier alpha value is -0.830. The molecule has 0 saturated carbocycles. The second-order valence-corrected chi connectivity index (χ2v) is 6.00. The van der Waals surface area contributed by atoms with Gasteiger partial charge in [0, 0.05) is 21.9 Å². The molecule has 0 radical (unpaired) electrons. The summed E-state index contributed by atoms with van der Waals surface area (Å²) in [6, 6.07) is 9.01. The lowest BCUT2D eigenvalue weighted by Gasteiger charge is -2.04. The van der Waals surface area contributed by atoms with E-state index in [0.29, 0.717) is 15.8 Å². The number of ketones is 1. The third-order valence-corrected chi connectivity index (χ3v) is 3.92. The van der Waals surface area contributed by atoms with Gasteiger partial charge in [-0.05, 0) is 42.8 Å². The molecule has 0 saturated heterocycles. The van der Waals surface area contributed by atoms with Gasteiger partial charge < -0.3 is 0 Å². The van der Waals surface area contributed by atoms with E-state index >= 15 is 0 Å². The van der Waals surface area contributed by atoms with E-state index in [1.807, 2.05) is 19.1 Å². The van der Waals surface area contributed by atoms with Gasteiger partial charge in [-0.2, -0.15) is 0 Å². The zero-order valence-electron chi connectivity index (χ0n) is 9.17. The summed E-state index contributed by atoms with van der Waals surface area (Å²) in [4.78, 5) is 13.1. The van der Waals surface area contributed by atoms with Crippen LogP contribution in [0, 0.1) is 6.92 Å². The molecule has 88 valence electrons. The van der Waals surface area contributed by atoms with Crippen LogP contribution in [0.25, 0.3) is 0 Å². The molecule has 1 heterocycles. The normalized spacial score (nSPS) is 10.5. The molecule has 2 rings (SSSR count). The standard InChI is InChI=1S/C13H10Cl2OS/c1-8-6-9(14)2-4-11(8)12(16)7-10-3-5-13(15)17-10/h2-6H,7H2,1H3. The van der Waals surface area contributed by atoms with Gasteiger partial charge >= 0.3 is 0 Å². The number of carbonyl (C=O) groups is 1. The Morgan fingerprint density at radius 2 is 2.00 bits per heavy atom. The summed E-state index contributed by atoms with van der Waals surface area (Å²) >= 11 is 13.1. The van der Waals surface area contributed by atoms with Crippen LogP contribution >= 0.6 is 34.5 Å². The van der Waals surface area contributed by atoms with Crippen molar-refractivity contribution in [1.29, 1.82) is 0 Å². The zero-order chi connectivity index (χ0) is 12.4. The van der Waals surface area contributed by atoms with Gasteiger partial charge in [0.25, 0.3) is 0 Å². The van der Waals surface area contributed by atoms with Gasteiger partial charge in [0.1, 0.15) is 0 Å². The van der Waals surface area contributed by atoms with Gasteiger partial charge in [-0.1, -0.05) is 23.2 Å². The number of aryl methyl sites for hydroxylation is 1. The van der Waals surface area contributed by atoms with Crippen molar-refractivity contribution < 1.29 is 4.79 Å². The molecule has 0 aliphatic rings. The van der Waals surface area contributed by atoms with Crippen LogP contribution in [-0.4, -0.2) is 5.78 Å². The second-order valence-electron chi connectivity index (χ2n) is 3.77. The molecule has 1 aromatic heterocycles. The van der Waals surface area contributed by atoms with E-state index in [1.54, 1.807) is 18.2 Å². The molecule has 0 spiro atoms. The average molecular weight is 285 g/mol. The van der Waals surface area contributed by atoms with E-state index in [2.05, 4.69) is 0 Å². The molecule has 0 fully saturated rings. The van der Waals surface area contributed by atoms with Crippen LogP contribution in [-0.2, 0) is 6.42 Å². The molecule has 17 heavy (non-hydrogen) atoms. The maximum atomic E-state index is 12.1. The molecule has 4 heteroatoms. The molecule has 2 aromatic rings. The fraction of sp³-hybridized carbons (Fsp3) is 0.154. The van der Waals surface area contributed by atoms with E-state index in [-0.39, 0.29) is 5.78 Å². The highest BCUT2D eigenvalue weighted by Crippen LogP contribution is 2.24. The molecule has 0 aliphatic heterocycles. The first-order valence-electron chi connectivity index (χ1n) is 5.10. The summed E-state index contributed by atoms with van der Waals surface area (Å²) in [7, 11) is 0. The van der Waals surface area contributed by atoms with Crippen molar-refractivity contribution in [2.45, 2.75) is 13.3 Å². The minimum Gasteiger partial charge on any atom is -0.294 e. The fourth-order valence-electron chi connectivity index (χ4n) is 1.64. The third kappa shape index (κ3) is 3.09. The van der Waals surface area contributed by atoms with Crippen LogP contribution in [0.5, 0.6) is 0 Å². The van der Waals surface area contributed by atoms with Crippen molar-refractivity contribution in [1.82, 2.24) is 0 Å². The highest BCUT2D eigenvalue weighted by atomic mass is 35.5. The Morgan fingerprint density at radius 1 is 1.24 bits per heavy atom. The summed E-state index contributed by atoms with van der Waals surface area (Å²) < 4.78 is 0.709. The van der Waals surface area contributed by atoms with Crippen LogP contribution in [0.4, 0.5) is 0 Å². The number of thiophene rings is 1. The number of Topliss-reactive ketones (excluding diaryl/α,β-unsaturated/α-hetero) is 1. The number of rotatable bonds is 3. The van der Waals surface area contributed by atoms with Crippen LogP contribution in [0.15, 0.2) is 30.3 Å². The Labute approximate surface area is 114 Å². The van der Waals surface area contributed by atoms with E-state index < -0.39 is 0 Å². The first-order valence-corrected chi connectivity index (χ1v) is 6.67. The van der Waals surface area contributed by atoms with E-state index in [1.165, 1.54) is 11.3 Å². The van der Waals surface area contributed by atoms with Gasteiger partial charge in [-0.3, -0.25) is 4.79 Å². The largest absolute Gasteiger partial charge is 0.294 e. The van der Waals surface area contributed by atoms with Crippen molar-refractivity contribution in [3.05, 3.63) is 55.7 Å². The molecule has 0 unspecified atom stereocenters. The average Bonchev–Trinajstić information content (AvgIpc) is 2.63. The highest BCUT2D eigenvalue weighted by Gasteiger charge is 2.11. The number of halogens is 2. The highest BCUT2D eigenvalue weighted by molar-refractivity contribution is 7.16. The van der Waals surface area contributed by atoms with Crippen molar-refractivity contribution in [3.63, 3.8) is 0 Å². The van der Waals surface area contributed by atoms with E-state index in [0.717, 1.165) is 16.0 Å². The maximum Gasteiger partial charge on any atom is 0.168 e. The number of hydrogen-bond donors (Lipinski definition) is 0. The Morgan fingerprint density at radius 3 is 2.59 bits per heavy atom. The summed E-state index contributed by atoms with van der Waals surface area (Å²) in [5.74, 6) is 0.0951. The first-order chi connectivity index (χ1) is 8.06. The smallest absolute Gasteiger partial charge is 0.168 e. The van der Waals surface area contributed by atoms with Gasteiger partial charge in [-0.25, -0.2) is 0 Å². The van der Waals surface area contributed by atoms with Gasteiger partial charge in [0.15, 0.2) is 5.78 Å². The second kappa shape index (κ2) is 5.21. The van der Waals surface area contributed by atoms with Gasteiger partial charge in [0.05, 0.1) is 4.34 Å². The monoisotopic (exact) mass is 284 g/mol. The quantitative estimate of drug-likeness (QED) is 0.741. The molecule has 0 aliphatic carbocycles. The third-order valence-electron chi connectivity index (χ3n) is 2.45. The molecule has 0 atom stereocenters. The number of carbonyl (C=O) groups excluding carboxylic acids is 1. The summed E-state index contributed by atoms with van der Waals surface area (Å²) in [5.41, 5.74) is 1.63. The Kier molecular flexibility index (Phi) is 3.87. The molecule has 0 bridgehead atoms. The van der Waals surface area contributed by atoms with E-state index in [4.69, 9.17) is 23.2 Å². The van der Waals surface area contributed by atoms with Gasteiger partial charge in [-0.15, -0.1) is 11.3 Å². The summed E-state index contributed by atoms with van der Waals surface area (Å²) in [5, 5.41) is 0.651. The number of hydrogen-bond acceptors (Lipinski definition) is 2. The minimum atomic E-state index is 0.0951. The maximum absolute atomic E-state index is 12.1. The SMILES string of the molecule is Cc1cc(Cl)ccc1C(=O)Cc1ccc(Cl)s1. The van der Waals surface area contributed by atoms with Gasteiger partial charge in [0.2, 0.25) is 0 Å². The van der Waals surface area contributed by atoms with Crippen molar-refractivity contribution in [2.24, 2.45) is 0 Å². The van der Waals surface area contributed by atoms with Crippen LogP contribution in [0.1, 0.15) is 20.8 Å². The van der Waals surface area contributed by atoms with Crippen molar-refractivity contribution in [2.75, 3.05) is 0 Å². The summed E-state index contributed by atoms with van der Waals surface area (Å²) in [6.45, 7) is 1.89. The molecular weight excluding hydrogens is 275 g/mol. The lowest BCUT2D eigenvalue weighted by Crippen LogP contribution is -2.04. The Balaban J connectivity index is 2.20. The van der Waals surface area contributed by atoms with Crippen molar-refractivity contribution in [3.8, 4) is 0 Å². The van der Waals surface area contributed by atoms with Crippen LogP contribution in [0.2, 0.25) is 9.36 Å².